The number of hydrogen-bond donors (Lipinski definition) is 2. The molecule has 106 valence electrons. The molecule has 7 heteroatoms. The first kappa shape index (κ1) is 16.9. The highest BCUT2D eigenvalue weighted by atomic mass is 32.2. The second-order valence-corrected chi connectivity index (χ2v) is 6.89. The van der Waals surface area contributed by atoms with Crippen LogP contribution in [0.2, 0.25) is 0 Å². The van der Waals surface area contributed by atoms with Gasteiger partial charge in [0.1, 0.15) is 5.75 Å². The predicted molar refractivity (Wildman–Crippen MR) is 68.0 cm³/mol. The van der Waals surface area contributed by atoms with Gasteiger partial charge in [0, 0.05) is 6.04 Å². The maximum Gasteiger partial charge on any atom is 0.304 e. The first-order valence-electron chi connectivity index (χ1n) is 5.91. The van der Waals surface area contributed by atoms with E-state index < -0.39 is 39.1 Å². The molecule has 0 radical (unpaired) electrons. The summed E-state index contributed by atoms with van der Waals surface area (Å²) in [6.45, 7) is 5.06. The van der Waals surface area contributed by atoms with E-state index in [2.05, 4.69) is 5.32 Å². The zero-order chi connectivity index (χ0) is 14.3. The fraction of sp³-hybridized carbons (Fsp3) is 0.818. The van der Waals surface area contributed by atoms with Gasteiger partial charge in [-0.1, -0.05) is 13.3 Å². The SMILES string of the molecule is CCCC(C)NC(=O)CS(=O)(=O)C(C)CC(=O)O. The Kier molecular flexibility index (Phi) is 6.90. The topological polar surface area (TPSA) is 101 Å². The highest BCUT2D eigenvalue weighted by Crippen LogP contribution is 2.07. The van der Waals surface area contributed by atoms with Crippen molar-refractivity contribution < 1.29 is 23.1 Å². The van der Waals surface area contributed by atoms with Gasteiger partial charge in [0.25, 0.3) is 0 Å². The lowest BCUT2D eigenvalue weighted by atomic mass is 10.2. The Labute approximate surface area is 108 Å². The lowest BCUT2D eigenvalue weighted by molar-refractivity contribution is -0.137. The molecule has 18 heavy (non-hydrogen) atoms. The van der Waals surface area contributed by atoms with Gasteiger partial charge >= 0.3 is 5.97 Å². The molecule has 0 aliphatic heterocycles. The van der Waals surface area contributed by atoms with Crippen LogP contribution in [-0.4, -0.2) is 42.4 Å². The quantitative estimate of drug-likeness (QED) is 0.676. The van der Waals surface area contributed by atoms with Crippen LogP contribution in [-0.2, 0) is 19.4 Å². The summed E-state index contributed by atoms with van der Waals surface area (Å²) in [6, 6.07) is -0.0764. The van der Waals surface area contributed by atoms with Gasteiger partial charge < -0.3 is 10.4 Å². The third kappa shape index (κ3) is 6.58. The number of amides is 1. The van der Waals surface area contributed by atoms with Gasteiger partial charge in [-0.3, -0.25) is 9.59 Å². The molecule has 1 amide bonds. The van der Waals surface area contributed by atoms with Crippen molar-refractivity contribution in [3.63, 3.8) is 0 Å². The molecule has 0 rings (SSSR count). The minimum atomic E-state index is -3.71. The summed E-state index contributed by atoms with van der Waals surface area (Å²) in [5, 5.41) is 10.1. The van der Waals surface area contributed by atoms with Crippen LogP contribution in [0.5, 0.6) is 0 Å². The van der Waals surface area contributed by atoms with Gasteiger partial charge in [-0.15, -0.1) is 0 Å². The molecule has 2 atom stereocenters. The molecular weight excluding hydrogens is 258 g/mol. The number of aliphatic carboxylic acids is 1. The van der Waals surface area contributed by atoms with Crippen LogP contribution in [0.15, 0.2) is 0 Å². The van der Waals surface area contributed by atoms with Gasteiger partial charge in [-0.25, -0.2) is 8.42 Å². The number of carboxylic acid groups (broad SMARTS) is 1. The molecule has 0 aliphatic rings. The molecule has 0 aromatic heterocycles. The van der Waals surface area contributed by atoms with Gasteiger partial charge in [-0.05, 0) is 20.3 Å². The summed E-state index contributed by atoms with van der Waals surface area (Å²) in [5.74, 6) is -2.42. The monoisotopic (exact) mass is 279 g/mol. The third-order valence-corrected chi connectivity index (χ3v) is 4.59. The van der Waals surface area contributed by atoms with E-state index in [4.69, 9.17) is 5.11 Å². The molecule has 2 unspecified atom stereocenters. The molecule has 0 saturated heterocycles. The highest BCUT2D eigenvalue weighted by molar-refractivity contribution is 7.92. The predicted octanol–water partition coefficient (Wildman–Crippen LogP) is 0.569. The number of carbonyl (C=O) groups excluding carboxylic acids is 1. The highest BCUT2D eigenvalue weighted by Gasteiger charge is 2.26. The van der Waals surface area contributed by atoms with Gasteiger partial charge in [0.05, 0.1) is 11.7 Å². The summed E-state index contributed by atoms with van der Waals surface area (Å²) < 4.78 is 23.4. The second-order valence-electron chi connectivity index (χ2n) is 4.47. The summed E-state index contributed by atoms with van der Waals surface area (Å²) in [6.07, 6.45) is 1.18. The first-order valence-corrected chi connectivity index (χ1v) is 7.63. The normalized spacial score (nSPS) is 14.8. The molecule has 2 N–H and O–H groups in total. The number of carbonyl (C=O) groups is 2. The molecule has 0 bridgehead atoms. The minimum absolute atomic E-state index is 0.0764. The Morgan fingerprint density at radius 2 is 1.83 bits per heavy atom. The average molecular weight is 279 g/mol. The van der Waals surface area contributed by atoms with E-state index in [1.54, 1.807) is 6.92 Å². The van der Waals surface area contributed by atoms with Gasteiger partial charge in [0.15, 0.2) is 9.84 Å². The van der Waals surface area contributed by atoms with E-state index in [9.17, 15) is 18.0 Å². The van der Waals surface area contributed by atoms with E-state index in [0.717, 1.165) is 12.8 Å². The Balaban J connectivity index is 4.40. The standard InChI is InChI=1S/C11H21NO5S/c1-4-5-8(2)12-10(13)7-18(16,17)9(3)6-11(14)15/h8-9H,4-7H2,1-3H3,(H,12,13)(H,14,15). The fourth-order valence-corrected chi connectivity index (χ4v) is 2.65. The number of nitrogens with one attached hydrogen (secondary N) is 1. The Morgan fingerprint density at radius 1 is 1.28 bits per heavy atom. The molecule has 0 aromatic carbocycles. The van der Waals surface area contributed by atoms with Crippen molar-refractivity contribution in [1.29, 1.82) is 0 Å². The lowest BCUT2D eigenvalue weighted by Gasteiger charge is -2.14. The van der Waals surface area contributed by atoms with Crippen LogP contribution in [0.3, 0.4) is 0 Å². The minimum Gasteiger partial charge on any atom is -0.481 e. The second kappa shape index (κ2) is 7.35. The maximum atomic E-state index is 11.7. The number of hydrogen-bond acceptors (Lipinski definition) is 4. The molecule has 0 aromatic rings. The lowest BCUT2D eigenvalue weighted by Crippen LogP contribution is -2.39. The molecule has 6 nitrogen and oxygen atoms in total. The molecular formula is C11H21NO5S. The van der Waals surface area contributed by atoms with Crippen LogP contribution in [0.4, 0.5) is 0 Å². The van der Waals surface area contributed by atoms with E-state index >= 15 is 0 Å². The average Bonchev–Trinajstić information content (AvgIpc) is 2.14. The van der Waals surface area contributed by atoms with E-state index in [0.29, 0.717) is 0 Å². The first-order chi connectivity index (χ1) is 8.19. The summed E-state index contributed by atoms with van der Waals surface area (Å²) in [4.78, 5) is 21.9. The molecule has 0 fully saturated rings. The van der Waals surface area contributed by atoms with Crippen LogP contribution in [0.1, 0.15) is 40.0 Å². The van der Waals surface area contributed by atoms with Crippen molar-refractivity contribution >= 4 is 21.7 Å². The zero-order valence-corrected chi connectivity index (χ0v) is 11.8. The number of rotatable bonds is 8. The summed E-state index contributed by atoms with van der Waals surface area (Å²) >= 11 is 0. The van der Waals surface area contributed by atoms with Crippen LogP contribution in [0.25, 0.3) is 0 Å². The van der Waals surface area contributed by atoms with Crippen LogP contribution in [0, 0.1) is 0 Å². The smallest absolute Gasteiger partial charge is 0.304 e. The Morgan fingerprint density at radius 3 is 2.28 bits per heavy atom. The van der Waals surface area contributed by atoms with E-state index in [1.165, 1.54) is 6.92 Å². The van der Waals surface area contributed by atoms with Crippen molar-refractivity contribution in [2.24, 2.45) is 0 Å². The Bertz CT molecular complexity index is 390. The third-order valence-electron chi connectivity index (χ3n) is 2.54. The van der Waals surface area contributed by atoms with Crippen molar-refractivity contribution in [2.75, 3.05) is 5.75 Å². The van der Waals surface area contributed by atoms with Crippen molar-refractivity contribution in [3.05, 3.63) is 0 Å². The van der Waals surface area contributed by atoms with Crippen molar-refractivity contribution in [3.8, 4) is 0 Å². The zero-order valence-electron chi connectivity index (χ0n) is 11.0. The van der Waals surface area contributed by atoms with Gasteiger partial charge in [0.2, 0.25) is 5.91 Å². The Hall–Kier alpha value is -1.11. The van der Waals surface area contributed by atoms with Crippen LogP contribution < -0.4 is 5.32 Å². The van der Waals surface area contributed by atoms with Crippen molar-refractivity contribution in [1.82, 2.24) is 5.32 Å². The largest absolute Gasteiger partial charge is 0.481 e. The van der Waals surface area contributed by atoms with Gasteiger partial charge in [-0.2, -0.15) is 0 Å². The maximum absolute atomic E-state index is 11.7. The molecule has 0 spiro atoms. The summed E-state index contributed by atoms with van der Waals surface area (Å²) in [5.41, 5.74) is 0. The van der Waals surface area contributed by atoms with Crippen LogP contribution >= 0.6 is 0 Å². The van der Waals surface area contributed by atoms with Crippen molar-refractivity contribution in [2.45, 2.75) is 51.3 Å². The fourth-order valence-electron chi connectivity index (χ4n) is 1.52. The van der Waals surface area contributed by atoms with E-state index in [-0.39, 0.29) is 6.04 Å². The number of sulfone groups is 1. The number of carboxylic acids is 1. The molecule has 0 heterocycles. The molecule has 0 saturated carbocycles. The molecule has 0 aliphatic carbocycles. The summed E-state index contributed by atoms with van der Waals surface area (Å²) in [7, 11) is -3.71. The van der Waals surface area contributed by atoms with E-state index in [1.807, 2.05) is 6.92 Å².